The third-order valence-electron chi connectivity index (χ3n) is 4.93. The summed E-state index contributed by atoms with van der Waals surface area (Å²) in [5.74, 6) is 0.774. The molecule has 5 nitrogen and oxygen atoms in total. The Bertz CT molecular complexity index is 954. The lowest BCUT2D eigenvalue weighted by Crippen LogP contribution is -2.33. The number of nitrogens with one attached hydrogen (secondary N) is 1. The van der Waals surface area contributed by atoms with Crippen LogP contribution in [0.5, 0.6) is 5.75 Å². The van der Waals surface area contributed by atoms with Crippen LogP contribution in [0.4, 0.5) is 0 Å². The maximum absolute atomic E-state index is 12.9. The van der Waals surface area contributed by atoms with Crippen molar-refractivity contribution in [3.8, 4) is 5.75 Å². The molecular weight excluding hydrogens is 360 g/mol. The fourth-order valence-corrected chi connectivity index (χ4v) is 4.54. The number of rotatable bonds is 6. The van der Waals surface area contributed by atoms with Crippen molar-refractivity contribution in [3.63, 3.8) is 0 Å². The zero-order chi connectivity index (χ0) is 18.8. The molecule has 0 radical (unpaired) electrons. The number of aryl methyl sites for hydroxylation is 1. The summed E-state index contributed by atoms with van der Waals surface area (Å²) < 4.78 is 14.2. The first-order valence-electron chi connectivity index (χ1n) is 9.26. The van der Waals surface area contributed by atoms with E-state index >= 15 is 0 Å². The molecule has 1 saturated heterocycles. The average Bonchev–Trinajstić information content (AvgIpc) is 3.38. The van der Waals surface area contributed by atoms with E-state index in [1.165, 1.54) is 4.88 Å². The van der Waals surface area contributed by atoms with Crippen molar-refractivity contribution in [3.05, 3.63) is 52.5 Å². The molecule has 1 aliphatic heterocycles. The molecule has 1 aliphatic rings. The highest BCUT2D eigenvalue weighted by atomic mass is 32.1. The van der Waals surface area contributed by atoms with Crippen molar-refractivity contribution in [2.45, 2.75) is 32.4 Å². The van der Waals surface area contributed by atoms with Crippen molar-refractivity contribution in [1.82, 2.24) is 9.88 Å². The summed E-state index contributed by atoms with van der Waals surface area (Å²) in [7, 11) is 1.67. The summed E-state index contributed by atoms with van der Waals surface area (Å²) in [6.07, 6.45) is 2.22. The Morgan fingerprint density at radius 1 is 1.37 bits per heavy atom. The molecule has 1 fully saturated rings. The molecule has 3 aromatic rings. The Labute approximate surface area is 162 Å². The predicted molar refractivity (Wildman–Crippen MR) is 108 cm³/mol. The normalized spacial score (nSPS) is 16.7. The van der Waals surface area contributed by atoms with E-state index in [0.29, 0.717) is 18.8 Å². The van der Waals surface area contributed by atoms with Gasteiger partial charge in [-0.1, -0.05) is 12.1 Å². The molecule has 1 amide bonds. The second-order valence-corrected chi connectivity index (χ2v) is 8.21. The maximum atomic E-state index is 12.9. The van der Waals surface area contributed by atoms with E-state index in [1.807, 2.05) is 24.3 Å². The Morgan fingerprint density at radius 3 is 3.04 bits per heavy atom. The lowest BCUT2D eigenvalue weighted by atomic mass is 10.2. The molecule has 142 valence electrons. The molecular formula is C21H24N2O3S. The summed E-state index contributed by atoms with van der Waals surface area (Å²) >= 11 is 1.72. The van der Waals surface area contributed by atoms with Gasteiger partial charge in [-0.15, -0.1) is 11.3 Å². The van der Waals surface area contributed by atoms with Crippen LogP contribution in [0.25, 0.3) is 10.2 Å². The summed E-state index contributed by atoms with van der Waals surface area (Å²) in [5, 5.41) is 3.05. The molecule has 0 spiro atoms. The van der Waals surface area contributed by atoms with Gasteiger partial charge < -0.3 is 19.4 Å². The van der Waals surface area contributed by atoms with Crippen LogP contribution in [0.15, 0.2) is 36.4 Å². The summed E-state index contributed by atoms with van der Waals surface area (Å²) in [5.41, 5.74) is 2.89. The lowest BCUT2D eigenvalue weighted by Gasteiger charge is -2.14. The number of hydrogen-bond acceptors (Lipinski definition) is 4. The number of nitrogens with zero attached hydrogens (tertiary/aromatic N) is 1. The highest BCUT2D eigenvalue weighted by Crippen LogP contribution is 2.30. The monoisotopic (exact) mass is 384 g/mol. The van der Waals surface area contributed by atoms with Crippen molar-refractivity contribution in [2.24, 2.45) is 0 Å². The van der Waals surface area contributed by atoms with Gasteiger partial charge in [-0.3, -0.25) is 4.79 Å². The van der Waals surface area contributed by atoms with E-state index in [4.69, 9.17) is 9.47 Å². The number of carbonyl (C=O) groups is 1. The van der Waals surface area contributed by atoms with Gasteiger partial charge in [0.2, 0.25) is 0 Å². The van der Waals surface area contributed by atoms with Crippen LogP contribution >= 0.6 is 11.3 Å². The standard InChI is InChI=1S/C21H24N2O3S/c1-14-9-18-20(27-14)11-19(21(24)22-12-17-7-4-8-26-17)23(18)13-15-5-3-6-16(10-15)25-2/h3,5-6,9-11,17H,4,7-8,12-13H2,1-2H3,(H,22,24)/t17-/m1/s1. The largest absolute Gasteiger partial charge is 0.497 e. The average molecular weight is 385 g/mol. The lowest BCUT2D eigenvalue weighted by molar-refractivity contribution is 0.0851. The number of methoxy groups -OCH3 is 1. The Morgan fingerprint density at radius 2 is 2.26 bits per heavy atom. The molecule has 1 N–H and O–H groups in total. The van der Waals surface area contributed by atoms with Gasteiger partial charge in [0.15, 0.2) is 0 Å². The van der Waals surface area contributed by atoms with Crippen LogP contribution in [-0.2, 0) is 11.3 Å². The third kappa shape index (κ3) is 3.87. The number of aromatic nitrogens is 1. The first kappa shape index (κ1) is 18.1. The Balaban J connectivity index is 1.62. The number of hydrogen-bond donors (Lipinski definition) is 1. The summed E-state index contributed by atoms with van der Waals surface area (Å²) in [6.45, 7) is 4.08. The third-order valence-corrected chi connectivity index (χ3v) is 5.92. The highest BCUT2D eigenvalue weighted by molar-refractivity contribution is 7.19. The van der Waals surface area contributed by atoms with Crippen LogP contribution < -0.4 is 10.1 Å². The van der Waals surface area contributed by atoms with Crippen LogP contribution in [0.1, 0.15) is 33.8 Å². The van der Waals surface area contributed by atoms with Gasteiger partial charge in [0, 0.05) is 24.6 Å². The topological polar surface area (TPSA) is 52.5 Å². The molecule has 0 unspecified atom stereocenters. The Kier molecular flexibility index (Phi) is 5.18. The minimum Gasteiger partial charge on any atom is -0.497 e. The number of ether oxygens (including phenoxy) is 2. The highest BCUT2D eigenvalue weighted by Gasteiger charge is 2.20. The van der Waals surface area contributed by atoms with Crippen LogP contribution in [0, 0.1) is 6.92 Å². The first-order chi connectivity index (χ1) is 13.1. The van der Waals surface area contributed by atoms with Gasteiger partial charge in [0.25, 0.3) is 5.91 Å². The zero-order valence-corrected chi connectivity index (χ0v) is 16.5. The molecule has 1 aromatic carbocycles. The fourth-order valence-electron chi connectivity index (χ4n) is 3.58. The van der Waals surface area contributed by atoms with Gasteiger partial charge in [0.1, 0.15) is 11.4 Å². The molecule has 0 bridgehead atoms. The van der Waals surface area contributed by atoms with Crippen molar-refractivity contribution < 1.29 is 14.3 Å². The van der Waals surface area contributed by atoms with Crippen molar-refractivity contribution >= 4 is 27.5 Å². The van der Waals surface area contributed by atoms with Crippen molar-refractivity contribution in [2.75, 3.05) is 20.3 Å². The minimum absolute atomic E-state index is 0.0468. The van der Waals surface area contributed by atoms with E-state index in [0.717, 1.165) is 41.0 Å². The van der Waals surface area contributed by atoms with E-state index in [1.54, 1.807) is 18.4 Å². The molecule has 1 atom stereocenters. The second-order valence-electron chi connectivity index (χ2n) is 6.92. The Hall–Kier alpha value is -2.31. The predicted octanol–water partition coefficient (Wildman–Crippen LogP) is 3.98. The molecule has 0 aliphatic carbocycles. The number of carbonyl (C=O) groups excluding carboxylic acids is 1. The van der Waals surface area contributed by atoms with Gasteiger partial charge in [-0.05, 0) is 49.6 Å². The van der Waals surface area contributed by atoms with E-state index in [-0.39, 0.29) is 12.0 Å². The summed E-state index contributed by atoms with van der Waals surface area (Å²) in [6, 6.07) is 12.1. The van der Waals surface area contributed by atoms with Gasteiger partial charge in [-0.25, -0.2) is 0 Å². The smallest absolute Gasteiger partial charge is 0.268 e. The maximum Gasteiger partial charge on any atom is 0.268 e. The second kappa shape index (κ2) is 7.74. The quantitative estimate of drug-likeness (QED) is 0.699. The molecule has 27 heavy (non-hydrogen) atoms. The molecule has 6 heteroatoms. The molecule has 0 saturated carbocycles. The summed E-state index contributed by atoms with van der Waals surface area (Å²) in [4.78, 5) is 14.1. The van der Waals surface area contributed by atoms with Gasteiger partial charge in [0.05, 0.1) is 23.4 Å². The fraction of sp³-hybridized carbons (Fsp3) is 0.381. The van der Waals surface area contributed by atoms with Gasteiger partial charge in [-0.2, -0.15) is 0 Å². The van der Waals surface area contributed by atoms with Crippen LogP contribution in [0.2, 0.25) is 0 Å². The molecule has 4 rings (SSSR count). The van der Waals surface area contributed by atoms with Crippen LogP contribution in [0.3, 0.4) is 0 Å². The minimum atomic E-state index is -0.0468. The number of benzene rings is 1. The number of fused-ring (bicyclic) bond motifs is 1. The van der Waals surface area contributed by atoms with Crippen LogP contribution in [-0.4, -0.2) is 36.8 Å². The molecule has 3 heterocycles. The van der Waals surface area contributed by atoms with E-state index in [9.17, 15) is 4.79 Å². The SMILES string of the molecule is COc1cccc(Cn2c(C(=O)NC[C@H]3CCCO3)cc3sc(C)cc32)c1. The van der Waals surface area contributed by atoms with E-state index in [2.05, 4.69) is 28.9 Å². The first-order valence-corrected chi connectivity index (χ1v) is 10.1. The van der Waals surface area contributed by atoms with E-state index < -0.39 is 0 Å². The van der Waals surface area contributed by atoms with Gasteiger partial charge >= 0.3 is 0 Å². The number of thiophene rings is 1. The molecule has 2 aromatic heterocycles. The number of amides is 1. The van der Waals surface area contributed by atoms with Crippen molar-refractivity contribution in [1.29, 1.82) is 0 Å². The zero-order valence-electron chi connectivity index (χ0n) is 15.7.